The van der Waals surface area contributed by atoms with Crippen LogP contribution in [-0.2, 0) is 0 Å². The first-order chi connectivity index (χ1) is 8.04. The zero-order valence-corrected chi connectivity index (χ0v) is 10.9. The van der Waals surface area contributed by atoms with Gasteiger partial charge in [-0.1, -0.05) is 27.5 Å². The standard InChI is InChI=1S/C12H8BrClFNO/c13-7-3-8(15)5-10(4-7)17-12-2-1-9(16)6-11(12)14/h1-6H,16H2. The number of hydrogen-bond donors (Lipinski definition) is 1. The van der Waals surface area contributed by atoms with Crippen molar-refractivity contribution in [2.75, 3.05) is 5.73 Å². The van der Waals surface area contributed by atoms with E-state index in [1.165, 1.54) is 12.1 Å². The van der Waals surface area contributed by atoms with Crippen LogP contribution in [0, 0.1) is 5.82 Å². The average Bonchev–Trinajstić information content (AvgIpc) is 2.21. The molecule has 2 rings (SSSR count). The summed E-state index contributed by atoms with van der Waals surface area (Å²) >= 11 is 9.13. The van der Waals surface area contributed by atoms with Gasteiger partial charge in [0.25, 0.3) is 0 Å². The maximum absolute atomic E-state index is 13.1. The fourth-order valence-corrected chi connectivity index (χ4v) is 1.99. The first kappa shape index (κ1) is 12.2. The number of rotatable bonds is 2. The van der Waals surface area contributed by atoms with Crippen molar-refractivity contribution in [1.82, 2.24) is 0 Å². The molecule has 0 aliphatic rings. The van der Waals surface area contributed by atoms with Gasteiger partial charge in [0, 0.05) is 16.2 Å². The summed E-state index contributed by atoms with van der Waals surface area (Å²) in [5.74, 6) is 0.405. The van der Waals surface area contributed by atoms with Crippen molar-refractivity contribution in [2.24, 2.45) is 0 Å². The molecule has 0 atom stereocenters. The Morgan fingerprint density at radius 1 is 1.18 bits per heavy atom. The monoisotopic (exact) mass is 315 g/mol. The Morgan fingerprint density at radius 2 is 1.94 bits per heavy atom. The number of ether oxygens (including phenoxy) is 1. The Kier molecular flexibility index (Phi) is 3.54. The number of hydrogen-bond acceptors (Lipinski definition) is 2. The summed E-state index contributed by atoms with van der Waals surface area (Å²) in [7, 11) is 0. The second-order valence-electron chi connectivity index (χ2n) is 3.40. The summed E-state index contributed by atoms with van der Waals surface area (Å²) < 4.78 is 19.2. The fraction of sp³-hybridized carbons (Fsp3) is 0. The minimum absolute atomic E-state index is 0.364. The molecule has 0 radical (unpaired) electrons. The quantitative estimate of drug-likeness (QED) is 0.821. The van der Waals surface area contributed by atoms with Crippen molar-refractivity contribution in [3.8, 4) is 11.5 Å². The first-order valence-electron chi connectivity index (χ1n) is 4.73. The number of nitrogen functional groups attached to an aromatic ring is 1. The average molecular weight is 317 g/mol. The number of anilines is 1. The molecule has 2 aromatic rings. The van der Waals surface area contributed by atoms with E-state index in [1.54, 1.807) is 24.3 Å². The van der Waals surface area contributed by atoms with E-state index in [2.05, 4.69) is 15.9 Å². The highest BCUT2D eigenvalue weighted by molar-refractivity contribution is 9.10. The molecule has 0 amide bonds. The lowest BCUT2D eigenvalue weighted by atomic mass is 10.3. The Hall–Kier alpha value is -1.26. The van der Waals surface area contributed by atoms with Gasteiger partial charge in [0.2, 0.25) is 0 Å². The Morgan fingerprint density at radius 3 is 2.59 bits per heavy atom. The van der Waals surface area contributed by atoms with Crippen LogP contribution in [0.2, 0.25) is 5.02 Å². The maximum Gasteiger partial charge on any atom is 0.146 e. The lowest BCUT2D eigenvalue weighted by Gasteiger charge is -2.08. The summed E-state index contributed by atoms with van der Waals surface area (Å²) in [6.45, 7) is 0. The molecule has 0 saturated carbocycles. The highest BCUT2D eigenvalue weighted by Gasteiger charge is 2.05. The molecule has 0 saturated heterocycles. The topological polar surface area (TPSA) is 35.2 Å². The number of nitrogens with two attached hydrogens (primary N) is 1. The van der Waals surface area contributed by atoms with Crippen LogP contribution in [-0.4, -0.2) is 0 Å². The Balaban J connectivity index is 2.31. The molecular formula is C12H8BrClFNO. The van der Waals surface area contributed by atoms with E-state index in [9.17, 15) is 4.39 Å². The maximum atomic E-state index is 13.1. The van der Waals surface area contributed by atoms with E-state index in [0.717, 1.165) is 0 Å². The van der Waals surface area contributed by atoms with Gasteiger partial charge in [0.05, 0.1) is 5.02 Å². The van der Waals surface area contributed by atoms with Gasteiger partial charge in [-0.25, -0.2) is 4.39 Å². The molecule has 2 nitrogen and oxygen atoms in total. The second-order valence-corrected chi connectivity index (χ2v) is 4.72. The first-order valence-corrected chi connectivity index (χ1v) is 5.90. The lowest BCUT2D eigenvalue weighted by molar-refractivity contribution is 0.476. The summed E-state index contributed by atoms with van der Waals surface area (Å²) in [5, 5.41) is 0.380. The summed E-state index contributed by atoms with van der Waals surface area (Å²) in [5.41, 5.74) is 6.11. The molecule has 0 aliphatic carbocycles. The van der Waals surface area contributed by atoms with E-state index in [0.29, 0.717) is 26.7 Å². The van der Waals surface area contributed by atoms with E-state index >= 15 is 0 Å². The third-order valence-electron chi connectivity index (χ3n) is 2.02. The molecule has 0 unspecified atom stereocenters. The fourth-order valence-electron chi connectivity index (χ4n) is 1.31. The smallest absolute Gasteiger partial charge is 0.146 e. The minimum atomic E-state index is -0.388. The third kappa shape index (κ3) is 3.11. The summed E-state index contributed by atoms with van der Waals surface area (Å²) in [6, 6.07) is 9.14. The third-order valence-corrected chi connectivity index (χ3v) is 2.77. The van der Waals surface area contributed by atoms with Crippen LogP contribution in [0.15, 0.2) is 40.9 Å². The largest absolute Gasteiger partial charge is 0.456 e. The molecule has 88 valence electrons. The van der Waals surface area contributed by atoms with E-state index < -0.39 is 0 Å². The predicted octanol–water partition coefficient (Wildman–Crippen LogP) is 4.62. The van der Waals surface area contributed by atoms with Crippen LogP contribution in [0.3, 0.4) is 0 Å². The summed E-state index contributed by atoms with van der Waals surface area (Å²) in [6.07, 6.45) is 0. The van der Waals surface area contributed by atoms with Gasteiger partial charge in [-0.2, -0.15) is 0 Å². The van der Waals surface area contributed by atoms with E-state index in [4.69, 9.17) is 22.1 Å². The molecule has 17 heavy (non-hydrogen) atoms. The molecule has 0 spiro atoms. The van der Waals surface area contributed by atoms with Crippen molar-refractivity contribution in [1.29, 1.82) is 0 Å². The van der Waals surface area contributed by atoms with Gasteiger partial charge < -0.3 is 10.5 Å². The molecule has 2 aromatic carbocycles. The van der Waals surface area contributed by atoms with Gasteiger partial charge in [-0.05, 0) is 30.3 Å². The zero-order valence-electron chi connectivity index (χ0n) is 8.58. The van der Waals surface area contributed by atoms with Gasteiger partial charge in [0.1, 0.15) is 17.3 Å². The highest BCUT2D eigenvalue weighted by Crippen LogP contribution is 2.32. The van der Waals surface area contributed by atoms with Crippen LogP contribution in [0.4, 0.5) is 10.1 Å². The highest BCUT2D eigenvalue weighted by atomic mass is 79.9. The molecular weight excluding hydrogens is 308 g/mol. The molecule has 0 bridgehead atoms. The number of halogens is 3. The van der Waals surface area contributed by atoms with Crippen LogP contribution in [0.1, 0.15) is 0 Å². The van der Waals surface area contributed by atoms with Crippen molar-refractivity contribution >= 4 is 33.2 Å². The van der Waals surface area contributed by atoms with Crippen molar-refractivity contribution in [2.45, 2.75) is 0 Å². The normalized spacial score (nSPS) is 10.3. The van der Waals surface area contributed by atoms with Crippen molar-refractivity contribution in [3.63, 3.8) is 0 Å². The van der Waals surface area contributed by atoms with Gasteiger partial charge in [0.15, 0.2) is 0 Å². The van der Waals surface area contributed by atoms with Crippen molar-refractivity contribution in [3.05, 3.63) is 51.7 Å². The molecule has 5 heteroatoms. The lowest BCUT2D eigenvalue weighted by Crippen LogP contribution is -1.89. The zero-order chi connectivity index (χ0) is 12.4. The predicted molar refractivity (Wildman–Crippen MR) is 70.0 cm³/mol. The van der Waals surface area contributed by atoms with Gasteiger partial charge in [-0.15, -0.1) is 0 Å². The van der Waals surface area contributed by atoms with Crippen molar-refractivity contribution < 1.29 is 9.13 Å². The molecule has 0 aromatic heterocycles. The van der Waals surface area contributed by atoms with Crippen LogP contribution in [0.5, 0.6) is 11.5 Å². The van der Waals surface area contributed by atoms with Crippen LogP contribution >= 0.6 is 27.5 Å². The number of benzene rings is 2. The van der Waals surface area contributed by atoms with E-state index in [1.807, 2.05) is 0 Å². The minimum Gasteiger partial charge on any atom is -0.456 e. The Bertz CT molecular complexity index is 542. The molecule has 0 fully saturated rings. The Labute approximate surface area is 111 Å². The molecule has 2 N–H and O–H groups in total. The van der Waals surface area contributed by atoms with Crippen LogP contribution in [0.25, 0.3) is 0 Å². The van der Waals surface area contributed by atoms with Gasteiger partial charge in [-0.3, -0.25) is 0 Å². The van der Waals surface area contributed by atoms with Gasteiger partial charge >= 0.3 is 0 Å². The van der Waals surface area contributed by atoms with E-state index in [-0.39, 0.29) is 5.82 Å². The molecule has 0 aliphatic heterocycles. The van der Waals surface area contributed by atoms with Crippen LogP contribution < -0.4 is 10.5 Å². The SMILES string of the molecule is Nc1ccc(Oc2cc(F)cc(Br)c2)c(Cl)c1. The molecule has 0 heterocycles. The second kappa shape index (κ2) is 4.94. The summed E-state index contributed by atoms with van der Waals surface area (Å²) in [4.78, 5) is 0.